The van der Waals surface area contributed by atoms with Crippen molar-refractivity contribution in [3.05, 3.63) is 0 Å². The molecule has 1 heteroatoms. The van der Waals surface area contributed by atoms with Crippen LogP contribution in [0, 0.1) is 0 Å². The summed E-state index contributed by atoms with van der Waals surface area (Å²) in [4.78, 5) is 0. The van der Waals surface area contributed by atoms with Crippen molar-refractivity contribution in [3.8, 4) is 0 Å². The summed E-state index contributed by atoms with van der Waals surface area (Å²) in [5.74, 6) is 0. The first kappa shape index (κ1) is 7.62. The maximum absolute atomic E-state index is 2.33. The number of hydrogen-bond acceptors (Lipinski definition) is 0. The molecule has 39 valence electrons. The standard InChI is InChI=1S/C6H13.Zn/c1-3-5-6-4-2;/h3H,4-6H2,1-2H3;. The molecule has 0 aliphatic carbocycles. The van der Waals surface area contributed by atoms with Crippen molar-refractivity contribution in [2.75, 3.05) is 0 Å². The van der Waals surface area contributed by atoms with E-state index in [4.69, 9.17) is 0 Å². The second-order valence-electron chi connectivity index (χ2n) is 2.25. The van der Waals surface area contributed by atoms with E-state index in [1.54, 1.807) is 0 Å². The molecule has 0 bridgehead atoms. The van der Waals surface area contributed by atoms with Crippen molar-refractivity contribution in [2.24, 2.45) is 0 Å². The van der Waals surface area contributed by atoms with Gasteiger partial charge in [0.2, 0.25) is 0 Å². The predicted octanol–water partition coefficient (Wildman–Crippen LogP) is 2.53. The summed E-state index contributed by atoms with van der Waals surface area (Å²) >= 11 is 1.47. The molecule has 0 aliphatic rings. The molecule has 1 unspecified atom stereocenters. The van der Waals surface area contributed by atoms with Gasteiger partial charge in [-0.15, -0.1) is 0 Å². The fourth-order valence-corrected chi connectivity index (χ4v) is 1.16. The number of rotatable bonds is 3. The van der Waals surface area contributed by atoms with Crippen molar-refractivity contribution in [1.82, 2.24) is 0 Å². The molecule has 0 aromatic heterocycles. The molecular weight excluding hydrogens is 137 g/mol. The number of hydrogen-bond donors (Lipinski definition) is 0. The zero-order chi connectivity index (χ0) is 5.70. The molecule has 0 aromatic carbocycles. The first-order chi connectivity index (χ1) is 3.27. The van der Waals surface area contributed by atoms with E-state index < -0.39 is 0 Å². The average molecular weight is 151 g/mol. The Morgan fingerprint density at radius 3 is 2.29 bits per heavy atom. The molecule has 0 saturated carbocycles. The van der Waals surface area contributed by atoms with E-state index in [0.717, 1.165) is 4.51 Å². The summed E-state index contributed by atoms with van der Waals surface area (Å²) < 4.78 is 1.03. The van der Waals surface area contributed by atoms with Gasteiger partial charge in [-0.25, -0.2) is 0 Å². The van der Waals surface area contributed by atoms with Gasteiger partial charge in [0.25, 0.3) is 0 Å². The topological polar surface area (TPSA) is 0 Å². The van der Waals surface area contributed by atoms with E-state index in [2.05, 4.69) is 13.8 Å². The average Bonchev–Trinajstić information content (AvgIpc) is 1.61. The molecule has 0 saturated heterocycles. The Labute approximate surface area is 56.4 Å². The van der Waals surface area contributed by atoms with Crippen LogP contribution in [-0.2, 0) is 18.3 Å². The zero-order valence-corrected chi connectivity index (χ0v) is 8.37. The van der Waals surface area contributed by atoms with Gasteiger partial charge in [-0.2, -0.15) is 0 Å². The van der Waals surface area contributed by atoms with E-state index in [0.29, 0.717) is 0 Å². The van der Waals surface area contributed by atoms with Crippen LogP contribution in [0.1, 0.15) is 33.1 Å². The normalized spacial score (nSPS) is 14.3. The van der Waals surface area contributed by atoms with Gasteiger partial charge in [0.05, 0.1) is 0 Å². The van der Waals surface area contributed by atoms with Gasteiger partial charge in [-0.1, -0.05) is 0 Å². The van der Waals surface area contributed by atoms with E-state index in [9.17, 15) is 0 Å². The Kier molecular flexibility index (Phi) is 5.20. The fraction of sp³-hybridized carbons (Fsp3) is 1.00. The van der Waals surface area contributed by atoms with Crippen LogP contribution in [0.25, 0.3) is 0 Å². The van der Waals surface area contributed by atoms with Gasteiger partial charge in [-0.05, 0) is 0 Å². The molecule has 0 fully saturated rings. The number of unbranched alkanes of at least 4 members (excludes halogenated alkanes) is 1. The SMILES string of the molecule is CCCC[CH](C)[Zn]. The third-order valence-electron chi connectivity index (χ3n) is 1.05. The Hall–Kier alpha value is 0.623. The van der Waals surface area contributed by atoms with E-state index in [-0.39, 0.29) is 0 Å². The summed E-state index contributed by atoms with van der Waals surface area (Å²) in [5.41, 5.74) is 0. The summed E-state index contributed by atoms with van der Waals surface area (Å²) in [5, 5.41) is 0. The summed E-state index contributed by atoms with van der Waals surface area (Å²) in [6.07, 6.45) is 4.25. The van der Waals surface area contributed by atoms with Crippen LogP contribution in [0.5, 0.6) is 0 Å². The van der Waals surface area contributed by atoms with E-state index >= 15 is 0 Å². The van der Waals surface area contributed by atoms with Gasteiger partial charge < -0.3 is 0 Å². The van der Waals surface area contributed by atoms with Crippen molar-refractivity contribution in [1.29, 1.82) is 0 Å². The van der Waals surface area contributed by atoms with Crippen LogP contribution >= 0.6 is 0 Å². The molecule has 7 heavy (non-hydrogen) atoms. The molecular formula is C6H13Zn. The van der Waals surface area contributed by atoms with Crippen LogP contribution in [0.2, 0.25) is 4.51 Å². The Balaban J connectivity index is 2.68. The predicted molar refractivity (Wildman–Crippen MR) is 28.9 cm³/mol. The molecule has 0 nitrogen and oxygen atoms in total. The second kappa shape index (κ2) is 4.77. The summed E-state index contributed by atoms with van der Waals surface area (Å²) in [6, 6.07) is 0. The van der Waals surface area contributed by atoms with Gasteiger partial charge in [-0.3, -0.25) is 0 Å². The molecule has 0 N–H and O–H groups in total. The molecule has 0 radical (unpaired) electrons. The molecule has 0 aromatic rings. The van der Waals surface area contributed by atoms with Crippen LogP contribution in [0.3, 0.4) is 0 Å². The maximum atomic E-state index is 2.33. The first-order valence-electron chi connectivity index (χ1n) is 3.10. The molecule has 0 aliphatic heterocycles. The molecule has 0 rings (SSSR count). The van der Waals surface area contributed by atoms with Crippen LogP contribution < -0.4 is 0 Å². The van der Waals surface area contributed by atoms with E-state index in [1.165, 1.54) is 37.6 Å². The molecule has 1 atom stereocenters. The zero-order valence-electron chi connectivity index (χ0n) is 5.41. The van der Waals surface area contributed by atoms with E-state index in [1.807, 2.05) is 0 Å². The minimum atomic E-state index is 1.03. The third-order valence-corrected chi connectivity index (χ3v) is 1.91. The van der Waals surface area contributed by atoms with Crippen LogP contribution in [-0.4, -0.2) is 0 Å². The van der Waals surface area contributed by atoms with Crippen LogP contribution in [0.15, 0.2) is 0 Å². The molecule has 0 heterocycles. The minimum absolute atomic E-state index is 1.03. The second-order valence-corrected chi connectivity index (χ2v) is 5.17. The van der Waals surface area contributed by atoms with Crippen LogP contribution in [0.4, 0.5) is 0 Å². The quantitative estimate of drug-likeness (QED) is 0.543. The summed E-state index contributed by atoms with van der Waals surface area (Å²) in [7, 11) is 0. The van der Waals surface area contributed by atoms with Gasteiger partial charge in [0, 0.05) is 0 Å². The Morgan fingerprint density at radius 2 is 2.14 bits per heavy atom. The fourth-order valence-electron chi connectivity index (χ4n) is 0.553. The molecule has 0 amide bonds. The van der Waals surface area contributed by atoms with Crippen molar-refractivity contribution >= 4 is 0 Å². The van der Waals surface area contributed by atoms with Gasteiger partial charge >= 0.3 is 55.9 Å². The van der Waals surface area contributed by atoms with Gasteiger partial charge in [0.15, 0.2) is 0 Å². The Bertz CT molecular complexity index is 33.2. The third kappa shape index (κ3) is 6.62. The van der Waals surface area contributed by atoms with Gasteiger partial charge in [0.1, 0.15) is 0 Å². The first-order valence-corrected chi connectivity index (χ1v) is 4.81. The summed E-state index contributed by atoms with van der Waals surface area (Å²) in [6.45, 7) is 4.58. The monoisotopic (exact) mass is 149 g/mol. The Morgan fingerprint density at radius 1 is 1.57 bits per heavy atom. The van der Waals surface area contributed by atoms with Crippen molar-refractivity contribution in [2.45, 2.75) is 37.6 Å². The van der Waals surface area contributed by atoms with Crippen molar-refractivity contribution in [3.63, 3.8) is 0 Å². The van der Waals surface area contributed by atoms with Crippen molar-refractivity contribution < 1.29 is 18.3 Å². The molecule has 0 spiro atoms.